The molecule has 2 aromatic heterocycles. The highest BCUT2D eigenvalue weighted by Crippen LogP contribution is 2.45. The van der Waals surface area contributed by atoms with Crippen molar-refractivity contribution in [3.8, 4) is 17.4 Å². The number of benzene rings is 1. The van der Waals surface area contributed by atoms with Gasteiger partial charge in [-0.15, -0.1) is 11.3 Å². The smallest absolute Gasteiger partial charge is 0.345 e. The number of aromatic nitrogens is 1. The van der Waals surface area contributed by atoms with Crippen molar-refractivity contribution >= 4 is 28.0 Å². The molecule has 7 heteroatoms. The number of carboxylic acid groups (broad SMARTS) is 1. The molecule has 0 atom stereocenters. The predicted molar refractivity (Wildman–Crippen MR) is 94.4 cm³/mol. The lowest BCUT2D eigenvalue weighted by Gasteiger charge is -2.21. The van der Waals surface area contributed by atoms with Gasteiger partial charge >= 0.3 is 5.97 Å². The summed E-state index contributed by atoms with van der Waals surface area (Å²) in [5, 5.41) is 10.0. The zero-order valence-corrected chi connectivity index (χ0v) is 14.1. The molecule has 0 saturated carbocycles. The van der Waals surface area contributed by atoms with Crippen LogP contribution < -0.4 is 14.4 Å². The Hall–Kier alpha value is -3.06. The van der Waals surface area contributed by atoms with Crippen molar-refractivity contribution in [1.82, 2.24) is 4.98 Å². The highest BCUT2D eigenvalue weighted by atomic mass is 32.1. The minimum atomic E-state index is -0.934. The summed E-state index contributed by atoms with van der Waals surface area (Å²) in [6.07, 6.45) is 1.66. The average molecular weight is 354 g/mol. The number of fused-ring (bicyclic) bond motifs is 2. The van der Waals surface area contributed by atoms with Gasteiger partial charge in [0.25, 0.3) is 0 Å². The summed E-state index contributed by atoms with van der Waals surface area (Å²) in [4.78, 5) is 17.9. The van der Waals surface area contributed by atoms with E-state index >= 15 is 0 Å². The van der Waals surface area contributed by atoms with Crippen LogP contribution in [-0.2, 0) is 6.54 Å². The van der Waals surface area contributed by atoms with Crippen LogP contribution in [0.4, 0.5) is 10.7 Å². The number of carbonyl (C=O) groups is 1. The molecule has 6 nitrogen and oxygen atoms in total. The standard InChI is InChI=1S/C18H14N2O4S/c1-23-13-6-2-4-11-10-20(15-8-7-14(25-15)18(21)22)12-5-3-9-19-17(12)24-16(11)13/h2-9H,10H2,1H3,(H,21,22). The lowest BCUT2D eigenvalue weighted by atomic mass is 10.1. The van der Waals surface area contributed by atoms with Gasteiger partial charge in [-0.25, -0.2) is 9.78 Å². The maximum Gasteiger partial charge on any atom is 0.345 e. The van der Waals surface area contributed by atoms with Crippen LogP contribution in [0.15, 0.2) is 48.7 Å². The van der Waals surface area contributed by atoms with Crippen LogP contribution >= 0.6 is 11.3 Å². The number of methoxy groups -OCH3 is 1. The first-order valence-corrected chi connectivity index (χ1v) is 8.38. The SMILES string of the molecule is COc1cccc2c1Oc1ncccc1N(c1ccc(C(=O)O)s1)C2. The van der Waals surface area contributed by atoms with E-state index in [1.807, 2.05) is 35.2 Å². The second-order valence-corrected chi connectivity index (χ2v) is 6.47. The van der Waals surface area contributed by atoms with Crippen molar-refractivity contribution in [3.63, 3.8) is 0 Å². The lowest BCUT2D eigenvalue weighted by molar-refractivity contribution is 0.0702. The van der Waals surface area contributed by atoms with Crippen LogP contribution in [0, 0.1) is 0 Å². The Morgan fingerprint density at radius 1 is 1.28 bits per heavy atom. The minimum Gasteiger partial charge on any atom is -0.493 e. The molecule has 3 heterocycles. The maximum atomic E-state index is 11.2. The molecule has 0 saturated heterocycles. The van der Waals surface area contributed by atoms with Crippen molar-refractivity contribution in [2.45, 2.75) is 6.54 Å². The summed E-state index contributed by atoms with van der Waals surface area (Å²) in [5.41, 5.74) is 1.71. The summed E-state index contributed by atoms with van der Waals surface area (Å²) in [6, 6.07) is 12.8. The number of para-hydroxylation sites is 1. The number of pyridine rings is 1. The molecule has 1 aliphatic heterocycles. The van der Waals surface area contributed by atoms with Crippen molar-refractivity contribution in [2.24, 2.45) is 0 Å². The van der Waals surface area contributed by atoms with Crippen molar-refractivity contribution < 1.29 is 19.4 Å². The molecule has 126 valence electrons. The monoisotopic (exact) mass is 354 g/mol. The average Bonchev–Trinajstić information content (AvgIpc) is 3.05. The fourth-order valence-corrected chi connectivity index (χ4v) is 3.62. The van der Waals surface area contributed by atoms with Gasteiger partial charge in [-0.2, -0.15) is 0 Å². The molecule has 0 amide bonds. The third kappa shape index (κ3) is 2.68. The van der Waals surface area contributed by atoms with E-state index in [-0.39, 0.29) is 4.88 Å². The molecule has 0 fully saturated rings. The Morgan fingerprint density at radius 2 is 2.16 bits per heavy atom. The molecular formula is C18H14N2O4S. The first kappa shape index (κ1) is 15.5. The number of nitrogens with zero attached hydrogens (tertiary/aromatic N) is 2. The van der Waals surface area contributed by atoms with Crippen LogP contribution in [0.1, 0.15) is 15.2 Å². The van der Waals surface area contributed by atoms with E-state index in [1.165, 1.54) is 11.3 Å². The second-order valence-electron chi connectivity index (χ2n) is 5.41. The van der Waals surface area contributed by atoms with Crippen LogP contribution in [-0.4, -0.2) is 23.2 Å². The summed E-state index contributed by atoms with van der Waals surface area (Å²) in [5.74, 6) is 0.780. The van der Waals surface area contributed by atoms with Gasteiger partial charge in [-0.1, -0.05) is 12.1 Å². The Balaban J connectivity index is 1.87. The van der Waals surface area contributed by atoms with E-state index in [1.54, 1.807) is 25.4 Å². The molecule has 0 unspecified atom stereocenters. The predicted octanol–water partition coefficient (Wildman–Crippen LogP) is 4.29. The van der Waals surface area contributed by atoms with Gasteiger partial charge in [0.1, 0.15) is 10.6 Å². The topological polar surface area (TPSA) is 71.9 Å². The molecule has 3 aromatic rings. The Labute approximate surface area is 147 Å². The fraction of sp³-hybridized carbons (Fsp3) is 0.111. The third-order valence-electron chi connectivity index (χ3n) is 3.92. The van der Waals surface area contributed by atoms with Gasteiger partial charge in [0.2, 0.25) is 5.88 Å². The number of hydrogen-bond donors (Lipinski definition) is 1. The first-order valence-electron chi connectivity index (χ1n) is 7.57. The van der Waals surface area contributed by atoms with Gasteiger partial charge in [0.15, 0.2) is 11.5 Å². The number of aromatic carboxylic acids is 1. The molecule has 0 spiro atoms. The Morgan fingerprint density at radius 3 is 2.92 bits per heavy atom. The number of thiophene rings is 1. The zero-order valence-electron chi connectivity index (χ0n) is 13.3. The minimum absolute atomic E-state index is 0.288. The van der Waals surface area contributed by atoms with Crippen molar-refractivity contribution in [2.75, 3.05) is 12.0 Å². The first-order chi connectivity index (χ1) is 12.2. The molecule has 0 radical (unpaired) electrons. The molecule has 0 bridgehead atoms. The number of ether oxygens (including phenoxy) is 2. The Kier molecular flexibility index (Phi) is 3.77. The highest BCUT2D eigenvalue weighted by Gasteiger charge is 2.26. The van der Waals surface area contributed by atoms with Gasteiger partial charge in [0, 0.05) is 11.8 Å². The molecular weight excluding hydrogens is 340 g/mol. The van der Waals surface area contributed by atoms with E-state index < -0.39 is 5.97 Å². The zero-order chi connectivity index (χ0) is 17.4. The maximum absolute atomic E-state index is 11.2. The van der Waals surface area contributed by atoms with E-state index in [0.717, 1.165) is 16.3 Å². The Bertz CT molecular complexity index is 954. The van der Waals surface area contributed by atoms with E-state index in [4.69, 9.17) is 9.47 Å². The summed E-state index contributed by atoms with van der Waals surface area (Å²) in [6.45, 7) is 0.519. The third-order valence-corrected chi connectivity index (χ3v) is 5.01. The lowest BCUT2D eigenvalue weighted by Crippen LogP contribution is -2.14. The summed E-state index contributed by atoms with van der Waals surface area (Å²) in [7, 11) is 1.60. The molecule has 1 aliphatic rings. The highest BCUT2D eigenvalue weighted by molar-refractivity contribution is 7.17. The molecule has 0 aliphatic carbocycles. The number of rotatable bonds is 3. The van der Waals surface area contributed by atoms with Crippen LogP contribution in [0.5, 0.6) is 17.4 Å². The largest absolute Gasteiger partial charge is 0.493 e. The van der Waals surface area contributed by atoms with Crippen molar-refractivity contribution in [1.29, 1.82) is 0 Å². The fourth-order valence-electron chi connectivity index (χ4n) is 2.77. The summed E-state index contributed by atoms with van der Waals surface area (Å²) < 4.78 is 11.5. The number of carboxylic acids is 1. The second kappa shape index (κ2) is 6.10. The van der Waals surface area contributed by atoms with Crippen molar-refractivity contribution in [3.05, 3.63) is 59.1 Å². The van der Waals surface area contributed by atoms with E-state index in [0.29, 0.717) is 23.9 Å². The van der Waals surface area contributed by atoms with E-state index in [2.05, 4.69) is 4.98 Å². The van der Waals surface area contributed by atoms with E-state index in [9.17, 15) is 9.90 Å². The summed E-state index contributed by atoms with van der Waals surface area (Å²) >= 11 is 1.22. The van der Waals surface area contributed by atoms with Crippen LogP contribution in [0.25, 0.3) is 0 Å². The quantitative estimate of drug-likeness (QED) is 0.756. The van der Waals surface area contributed by atoms with Gasteiger partial charge in [-0.05, 0) is 30.3 Å². The van der Waals surface area contributed by atoms with Gasteiger partial charge in [-0.3, -0.25) is 0 Å². The normalized spacial score (nSPS) is 12.6. The number of anilines is 2. The number of hydrogen-bond acceptors (Lipinski definition) is 6. The van der Waals surface area contributed by atoms with Gasteiger partial charge < -0.3 is 19.5 Å². The van der Waals surface area contributed by atoms with Crippen LogP contribution in [0.3, 0.4) is 0 Å². The molecule has 4 rings (SSSR count). The van der Waals surface area contributed by atoms with Gasteiger partial charge in [0.05, 0.1) is 18.7 Å². The molecule has 1 aromatic carbocycles. The molecule has 1 N–H and O–H groups in total. The molecule has 25 heavy (non-hydrogen) atoms. The van der Waals surface area contributed by atoms with Crippen LogP contribution in [0.2, 0.25) is 0 Å².